The molecule has 1 aromatic carbocycles. The monoisotopic (exact) mass is 353 g/mol. The Kier molecular flexibility index (Phi) is 8.79. The Hall–Kier alpha value is -1.59. The summed E-state index contributed by atoms with van der Waals surface area (Å²) in [4.78, 5) is 24.4. The molecule has 0 radical (unpaired) electrons. The molecule has 0 bridgehead atoms. The number of amides is 2. The standard InChI is InChI=1S/C18H27N3O2.ClH/c1-3-20-18(23)15-8-4-5-9-16(15)21-17(22)11-13(2)14-7-6-10-19-12-14;/h4-5,8-9,13-14,19H,3,6-7,10-12H2,1-2H3,(H,20,23)(H,21,22);1H. The molecule has 0 spiro atoms. The molecule has 5 nitrogen and oxygen atoms in total. The quantitative estimate of drug-likeness (QED) is 0.736. The number of hydrogen-bond acceptors (Lipinski definition) is 3. The number of hydrogen-bond donors (Lipinski definition) is 3. The van der Waals surface area contributed by atoms with Crippen molar-refractivity contribution in [3.8, 4) is 0 Å². The Morgan fingerprint density at radius 3 is 2.75 bits per heavy atom. The predicted molar refractivity (Wildman–Crippen MR) is 99.7 cm³/mol. The molecule has 0 aliphatic carbocycles. The number of benzene rings is 1. The third-order valence-corrected chi connectivity index (χ3v) is 4.43. The Morgan fingerprint density at radius 2 is 2.08 bits per heavy atom. The highest BCUT2D eigenvalue weighted by molar-refractivity contribution is 6.03. The van der Waals surface area contributed by atoms with E-state index in [4.69, 9.17) is 0 Å². The Bertz CT molecular complexity index is 545. The van der Waals surface area contributed by atoms with E-state index in [1.807, 2.05) is 13.0 Å². The molecule has 1 saturated heterocycles. The first-order valence-electron chi connectivity index (χ1n) is 8.49. The van der Waals surface area contributed by atoms with Crippen molar-refractivity contribution in [1.29, 1.82) is 0 Å². The van der Waals surface area contributed by atoms with Gasteiger partial charge in [-0.2, -0.15) is 0 Å². The number of anilines is 1. The molecule has 2 rings (SSSR count). The zero-order valence-electron chi connectivity index (χ0n) is 14.4. The molecule has 1 aromatic rings. The van der Waals surface area contributed by atoms with E-state index in [-0.39, 0.29) is 24.2 Å². The molecule has 0 saturated carbocycles. The molecule has 24 heavy (non-hydrogen) atoms. The van der Waals surface area contributed by atoms with Gasteiger partial charge in [0, 0.05) is 13.0 Å². The summed E-state index contributed by atoms with van der Waals surface area (Å²) in [5.74, 6) is 0.695. The lowest BCUT2D eigenvalue weighted by Crippen LogP contribution is -2.34. The van der Waals surface area contributed by atoms with E-state index < -0.39 is 0 Å². The number of carbonyl (C=O) groups is 2. The lowest BCUT2D eigenvalue weighted by atomic mass is 9.85. The fraction of sp³-hybridized carbons (Fsp3) is 0.556. The average molecular weight is 354 g/mol. The first-order valence-corrected chi connectivity index (χ1v) is 8.49. The van der Waals surface area contributed by atoms with Crippen LogP contribution in [0.4, 0.5) is 5.69 Å². The third kappa shape index (κ3) is 5.80. The summed E-state index contributed by atoms with van der Waals surface area (Å²) in [5, 5.41) is 9.06. The minimum Gasteiger partial charge on any atom is -0.352 e. The van der Waals surface area contributed by atoms with Crippen LogP contribution in [0.3, 0.4) is 0 Å². The Balaban J connectivity index is 0.00000288. The highest BCUT2D eigenvalue weighted by Gasteiger charge is 2.22. The minimum atomic E-state index is -0.159. The first-order chi connectivity index (χ1) is 11.1. The number of rotatable bonds is 6. The van der Waals surface area contributed by atoms with Crippen LogP contribution in [0.2, 0.25) is 0 Å². The Morgan fingerprint density at radius 1 is 1.33 bits per heavy atom. The normalized spacial score (nSPS) is 18.2. The van der Waals surface area contributed by atoms with Crippen molar-refractivity contribution < 1.29 is 9.59 Å². The van der Waals surface area contributed by atoms with Crippen molar-refractivity contribution in [2.45, 2.75) is 33.1 Å². The summed E-state index contributed by atoms with van der Waals surface area (Å²) in [6, 6.07) is 7.13. The summed E-state index contributed by atoms with van der Waals surface area (Å²) in [5.41, 5.74) is 1.09. The van der Waals surface area contributed by atoms with Gasteiger partial charge in [-0.25, -0.2) is 0 Å². The lowest BCUT2D eigenvalue weighted by Gasteiger charge is -2.28. The zero-order valence-corrected chi connectivity index (χ0v) is 15.2. The van der Waals surface area contributed by atoms with E-state index in [9.17, 15) is 9.59 Å². The molecule has 1 heterocycles. The maximum Gasteiger partial charge on any atom is 0.253 e. The van der Waals surface area contributed by atoms with Crippen molar-refractivity contribution in [1.82, 2.24) is 10.6 Å². The van der Waals surface area contributed by atoms with Crippen molar-refractivity contribution in [3.05, 3.63) is 29.8 Å². The molecular weight excluding hydrogens is 326 g/mol. The second-order valence-corrected chi connectivity index (χ2v) is 6.24. The SMILES string of the molecule is CCNC(=O)c1ccccc1NC(=O)CC(C)C1CCCNC1.Cl. The van der Waals surface area contributed by atoms with Crippen LogP contribution in [0.1, 0.15) is 43.5 Å². The largest absolute Gasteiger partial charge is 0.352 e. The van der Waals surface area contributed by atoms with Gasteiger partial charge in [0.25, 0.3) is 5.91 Å². The molecular formula is C18H28ClN3O2. The van der Waals surface area contributed by atoms with Gasteiger partial charge in [0.15, 0.2) is 0 Å². The summed E-state index contributed by atoms with van der Waals surface area (Å²) < 4.78 is 0. The van der Waals surface area contributed by atoms with Gasteiger partial charge in [0.1, 0.15) is 0 Å². The van der Waals surface area contributed by atoms with E-state index in [1.54, 1.807) is 18.2 Å². The van der Waals surface area contributed by atoms with Crippen LogP contribution in [0.5, 0.6) is 0 Å². The van der Waals surface area contributed by atoms with Crippen molar-refractivity contribution in [2.24, 2.45) is 11.8 Å². The smallest absolute Gasteiger partial charge is 0.253 e. The predicted octanol–water partition coefficient (Wildman–Crippen LogP) is 2.82. The topological polar surface area (TPSA) is 70.2 Å². The van der Waals surface area contributed by atoms with Crippen LogP contribution in [-0.4, -0.2) is 31.4 Å². The van der Waals surface area contributed by atoms with E-state index in [0.29, 0.717) is 36.1 Å². The summed E-state index contributed by atoms with van der Waals surface area (Å²) >= 11 is 0. The zero-order chi connectivity index (χ0) is 16.7. The van der Waals surface area contributed by atoms with Crippen LogP contribution in [-0.2, 0) is 4.79 Å². The van der Waals surface area contributed by atoms with Gasteiger partial charge >= 0.3 is 0 Å². The molecule has 134 valence electrons. The van der Waals surface area contributed by atoms with Gasteiger partial charge in [0.05, 0.1) is 11.3 Å². The molecule has 0 aromatic heterocycles. The van der Waals surface area contributed by atoms with Crippen LogP contribution in [0, 0.1) is 11.8 Å². The fourth-order valence-corrected chi connectivity index (χ4v) is 3.07. The van der Waals surface area contributed by atoms with Crippen molar-refractivity contribution in [2.75, 3.05) is 25.0 Å². The molecule has 6 heteroatoms. The molecule has 2 atom stereocenters. The first kappa shape index (κ1) is 20.5. The lowest BCUT2D eigenvalue weighted by molar-refractivity contribution is -0.117. The van der Waals surface area contributed by atoms with Crippen LogP contribution < -0.4 is 16.0 Å². The van der Waals surface area contributed by atoms with Crippen molar-refractivity contribution in [3.63, 3.8) is 0 Å². The maximum atomic E-state index is 12.3. The molecule has 2 amide bonds. The third-order valence-electron chi connectivity index (χ3n) is 4.43. The van der Waals surface area contributed by atoms with Gasteiger partial charge < -0.3 is 16.0 Å². The van der Waals surface area contributed by atoms with E-state index >= 15 is 0 Å². The average Bonchev–Trinajstić information content (AvgIpc) is 2.56. The molecule has 1 aliphatic rings. The number of nitrogens with one attached hydrogen (secondary N) is 3. The number of para-hydroxylation sites is 1. The highest BCUT2D eigenvalue weighted by Crippen LogP contribution is 2.23. The van der Waals surface area contributed by atoms with Crippen molar-refractivity contribution >= 4 is 29.9 Å². The number of halogens is 1. The second kappa shape index (κ2) is 10.3. The minimum absolute atomic E-state index is 0. The van der Waals surface area contributed by atoms with E-state index in [0.717, 1.165) is 13.1 Å². The van der Waals surface area contributed by atoms with E-state index in [1.165, 1.54) is 12.8 Å². The maximum absolute atomic E-state index is 12.3. The van der Waals surface area contributed by atoms with Crippen LogP contribution in [0.25, 0.3) is 0 Å². The number of carbonyl (C=O) groups excluding carboxylic acids is 2. The van der Waals surface area contributed by atoms with Crippen LogP contribution >= 0.6 is 12.4 Å². The molecule has 2 unspecified atom stereocenters. The fourth-order valence-electron chi connectivity index (χ4n) is 3.07. The van der Waals surface area contributed by atoms with Gasteiger partial charge in [-0.05, 0) is 56.8 Å². The van der Waals surface area contributed by atoms with Gasteiger partial charge in [0.2, 0.25) is 5.91 Å². The van der Waals surface area contributed by atoms with Gasteiger partial charge in [-0.15, -0.1) is 12.4 Å². The van der Waals surface area contributed by atoms with Gasteiger partial charge in [-0.1, -0.05) is 19.1 Å². The van der Waals surface area contributed by atoms with Gasteiger partial charge in [-0.3, -0.25) is 9.59 Å². The summed E-state index contributed by atoms with van der Waals surface area (Å²) in [6.45, 7) is 6.64. The molecule has 1 aliphatic heterocycles. The summed E-state index contributed by atoms with van der Waals surface area (Å²) in [6.07, 6.45) is 2.84. The molecule has 1 fully saturated rings. The van der Waals surface area contributed by atoms with E-state index in [2.05, 4.69) is 22.9 Å². The number of piperidine rings is 1. The Labute approximate surface area is 150 Å². The molecule has 3 N–H and O–H groups in total. The second-order valence-electron chi connectivity index (χ2n) is 6.24. The highest BCUT2D eigenvalue weighted by atomic mass is 35.5. The summed E-state index contributed by atoms with van der Waals surface area (Å²) in [7, 11) is 0. The van der Waals surface area contributed by atoms with Crippen LogP contribution in [0.15, 0.2) is 24.3 Å².